The van der Waals surface area contributed by atoms with Crippen molar-refractivity contribution in [2.45, 2.75) is 30.4 Å². The number of aromatic hydroxyl groups is 2. The Hall–Kier alpha value is -1.36. The van der Waals surface area contributed by atoms with Crippen molar-refractivity contribution in [2.75, 3.05) is 12.8 Å². The normalized spacial score (nSPS) is 17.3. The van der Waals surface area contributed by atoms with Gasteiger partial charge in [0.2, 0.25) is 0 Å². The molecule has 1 aliphatic rings. The molecule has 0 bridgehead atoms. The van der Waals surface area contributed by atoms with Gasteiger partial charge < -0.3 is 15.5 Å². The van der Waals surface area contributed by atoms with Gasteiger partial charge in [-0.05, 0) is 31.2 Å². The second kappa shape index (κ2) is 5.74. The molecular formula is C14H19NO3S. The lowest BCUT2D eigenvalue weighted by molar-refractivity contribution is 0.0949. The van der Waals surface area contributed by atoms with Crippen molar-refractivity contribution in [3.8, 4) is 11.5 Å². The Labute approximate surface area is 117 Å². The fraction of sp³-hybridized carbons (Fsp3) is 0.500. The van der Waals surface area contributed by atoms with Crippen molar-refractivity contribution >= 4 is 17.7 Å². The molecule has 0 unspecified atom stereocenters. The van der Waals surface area contributed by atoms with Crippen molar-refractivity contribution in [3.63, 3.8) is 0 Å². The van der Waals surface area contributed by atoms with Gasteiger partial charge in [0.25, 0.3) is 5.91 Å². The van der Waals surface area contributed by atoms with E-state index in [0.29, 0.717) is 6.54 Å². The first-order chi connectivity index (χ1) is 9.04. The molecule has 1 aromatic carbocycles. The number of amides is 1. The van der Waals surface area contributed by atoms with Crippen LogP contribution in [-0.2, 0) is 0 Å². The molecule has 104 valence electrons. The van der Waals surface area contributed by atoms with Gasteiger partial charge in [-0.1, -0.05) is 12.8 Å². The maximum Gasteiger partial charge on any atom is 0.251 e. The standard InChI is InChI=1S/C14H19NO3S/c1-19-14(4-2-3-5-14)9-15-13(18)10-6-11(16)8-12(17)7-10/h6-8,16-17H,2-5,9H2,1H3,(H,15,18). The second-order valence-corrected chi connectivity index (χ2v) is 6.29. The molecule has 0 spiro atoms. The SMILES string of the molecule is CSC1(CNC(=O)c2cc(O)cc(O)c2)CCCC1. The van der Waals surface area contributed by atoms with Crippen molar-refractivity contribution < 1.29 is 15.0 Å². The highest BCUT2D eigenvalue weighted by Gasteiger charge is 2.33. The highest BCUT2D eigenvalue weighted by atomic mass is 32.2. The summed E-state index contributed by atoms with van der Waals surface area (Å²) in [6, 6.07) is 3.92. The smallest absolute Gasteiger partial charge is 0.251 e. The Balaban J connectivity index is 2.01. The first kappa shape index (κ1) is 14.1. The van der Waals surface area contributed by atoms with E-state index in [4.69, 9.17) is 0 Å². The number of benzene rings is 1. The van der Waals surface area contributed by atoms with E-state index in [1.165, 1.54) is 31.0 Å². The number of hydrogen-bond acceptors (Lipinski definition) is 4. The van der Waals surface area contributed by atoms with Crippen LogP contribution in [0.1, 0.15) is 36.0 Å². The van der Waals surface area contributed by atoms with Crippen molar-refractivity contribution in [1.29, 1.82) is 0 Å². The van der Waals surface area contributed by atoms with Crippen molar-refractivity contribution in [1.82, 2.24) is 5.32 Å². The van der Waals surface area contributed by atoms with Crippen LogP contribution in [0, 0.1) is 0 Å². The molecule has 3 N–H and O–H groups in total. The van der Waals surface area contributed by atoms with Crippen LogP contribution < -0.4 is 5.32 Å². The maximum atomic E-state index is 12.0. The summed E-state index contributed by atoms with van der Waals surface area (Å²) in [4.78, 5) is 12.0. The molecule has 1 amide bonds. The fourth-order valence-electron chi connectivity index (χ4n) is 2.54. The van der Waals surface area contributed by atoms with E-state index in [9.17, 15) is 15.0 Å². The lowest BCUT2D eigenvalue weighted by atomic mass is 10.1. The molecule has 1 aliphatic carbocycles. The number of carbonyl (C=O) groups excluding carboxylic acids is 1. The van der Waals surface area contributed by atoms with E-state index in [1.807, 2.05) is 11.8 Å². The maximum absolute atomic E-state index is 12.0. The summed E-state index contributed by atoms with van der Waals surface area (Å²) in [6.45, 7) is 0.628. The molecule has 1 saturated carbocycles. The van der Waals surface area contributed by atoms with E-state index in [1.54, 1.807) is 0 Å². The third kappa shape index (κ3) is 3.35. The van der Waals surface area contributed by atoms with E-state index in [0.717, 1.165) is 12.8 Å². The Kier molecular flexibility index (Phi) is 4.24. The molecule has 0 heterocycles. The van der Waals surface area contributed by atoms with Crippen LogP contribution in [-0.4, -0.2) is 33.7 Å². The molecule has 0 aromatic heterocycles. The zero-order valence-corrected chi connectivity index (χ0v) is 11.8. The Bertz CT molecular complexity index is 450. The lowest BCUT2D eigenvalue weighted by Gasteiger charge is -2.26. The summed E-state index contributed by atoms with van der Waals surface area (Å²) >= 11 is 1.81. The summed E-state index contributed by atoms with van der Waals surface area (Å²) in [5.74, 6) is -0.470. The van der Waals surface area contributed by atoms with E-state index >= 15 is 0 Å². The van der Waals surface area contributed by atoms with Crippen LogP contribution in [0.5, 0.6) is 11.5 Å². The minimum Gasteiger partial charge on any atom is -0.508 e. The predicted octanol–water partition coefficient (Wildman–Crippen LogP) is 2.50. The number of carbonyl (C=O) groups is 1. The van der Waals surface area contributed by atoms with E-state index in [2.05, 4.69) is 11.6 Å². The van der Waals surface area contributed by atoms with Gasteiger partial charge in [-0.25, -0.2) is 0 Å². The molecule has 4 nitrogen and oxygen atoms in total. The van der Waals surface area contributed by atoms with Crippen LogP contribution in [0.4, 0.5) is 0 Å². The molecule has 1 aromatic rings. The predicted molar refractivity (Wildman–Crippen MR) is 76.8 cm³/mol. The summed E-state index contributed by atoms with van der Waals surface area (Å²) in [7, 11) is 0. The van der Waals surface area contributed by atoms with Gasteiger partial charge in [0.15, 0.2) is 0 Å². The molecule has 0 radical (unpaired) electrons. The first-order valence-electron chi connectivity index (χ1n) is 6.41. The Morgan fingerprint density at radius 2 is 1.84 bits per heavy atom. The summed E-state index contributed by atoms with van der Waals surface area (Å²) in [6.07, 6.45) is 6.75. The van der Waals surface area contributed by atoms with Crippen LogP contribution in [0.25, 0.3) is 0 Å². The zero-order valence-electron chi connectivity index (χ0n) is 11.0. The van der Waals surface area contributed by atoms with Gasteiger partial charge in [-0.2, -0.15) is 11.8 Å². The monoisotopic (exact) mass is 281 g/mol. The third-order valence-corrected chi connectivity index (χ3v) is 5.10. The van der Waals surface area contributed by atoms with Crippen LogP contribution >= 0.6 is 11.8 Å². The Morgan fingerprint density at radius 1 is 1.26 bits per heavy atom. The minimum atomic E-state index is -0.258. The van der Waals surface area contributed by atoms with E-state index < -0.39 is 0 Å². The average Bonchev–Trinajstić information content (AvgIpc) is 2.84. The quantitative estimate of drug-likeness (QED) is 0.793. The number of phenolic OH excluding ortho intramolecular Hbond substituents is 2. The fourth-order valence-corrected chi connectivity index (χ4v) is 3.46. The van der Waals surface area contributed by atoms with Crippen molar-refractivity contribution in [3.05, 3.63) is 23.8 Å². The number of nitrogens with one attached hydrogen (secondary N) is 1. The van der Waals surface area contributed by atoms with Crippen LogP contribution in [0.2, 0.25) is 0 Å². The molecule has 2 rings (SSSR count). The Morgan fingerprint density at radius 3 is 2.37 bits per heavy atom. The van der Waals surface area contributed by atoms with Gasteiger partial charge >= 0.3 is 0 Å². The van der Waals surface area contributed by atoms with Gasteiger partial charge in [0.05, 0.1) is 0 Å². The number of rotatable bonds is 4. The summed E-state index contributed by atoms with van der Waals surface area (Å²) in [5, 5.41) is 21.7. The van der Waals surface area contributed by atoms with Gasteiger partial charge in [-0.3, -0.25) is 4.79 Å². The van der Waals surface area contributed by atoms with E-state index in [-0.39, 0.29) is 27.7 Å². The van der Waals surface area contributed by atoms with Crippen LogP contribution in [0.15, 0.2) is 18.2 Å². The molecular weight excluding hydrogens is 262 g/mol. The molecule has 5 heteroatoms. The summed E-state index contributed by atoms with van der Waals surface area (Å²) in [5.41, 5.74) is 0.284. The van der Waals surface area contributed by atoms with Crippen molar-refractivity contribution in [2.24, 2.45) is 0 Å². The number of thioether (sulfide) groups is 1. The van der Waals surface area contributed by atoms with Gasteiger partial charge in [0.1, 0.15) is 11.5 Å². The molecule has 19 heavy (non-hydrogen) atoms. The molecule has 1 fully saturated rings. The number of hydrogen-bond donors (Lipinski definition) is 3. The second-order valence-electron chi connectivity index (χ2n) is 5.02. The molecule has 0 saturated heterocycles. The van der Waals surface area contributed by atoms with Gasteiger partial charge in [0, 0.05) is 22.9 Å². The largest absolute Gasteiger partial charge is 0.508 e. The minimum absolute atomic E-state index is 0.106. The third-order valence-electron chi connectivity index (χ3n) is 3.68. The van der Waals surface area contributed by atoms with Crippen LogP contribution in [0.3, 0.4) is 0 Å². The van der Waals surface area contributed by atoms with Gasteiger partial charge in [-0.15, -0.1) is 0 Å². The molecule has 0 atom stereocenters. The summed E-state index contributed by atoms with van der Waals surface area (Å²) < 4.78 is 0.147. The zero-order chi connectivity index (χ0) is 13.9. The number of phenols is 2. The average molecular weight is 281 g/mol. The highest BCUT2D eigenvalue weighted by Crippen LogP contribution is 2.39. The topological polar surface area (TPSA) is 69.6 Å². The highest BCUT2D eigenvalue weighted by molar-refractivity contribution is 8.00. The first-order valence-corrected chi connectivity index (χ1v) is 7.63. The molecule has 0 aliphatic heterocycles. The lowest BCUT2D eigenvalue weighted by Crippen LogP contribution is -2.38.